The van der Waals surface area contributed by atoms with Gasteiger partial charge in [0.25, 0.3) is 5.91 Å². The summed E-state index contributed by atoms with van der Waals surface area (Å²) < 4.78 is 25.3. The normalized spacial score (nSPS) is 11.0. The van der Waals surface area contributed by atoms with Gasteiger partial charge in [-0.3, -0.25) is 4.79 Å². The quantitative estimate of drug-likeness (QED) is 0.644. The Hall–Kier alpha value is -1.25. The maximum Gasteiger partial charge on any atom is 0.337 e. The molecule has 0 fully saturated rings. The van der Waals surface area contributed by atoms with E-state index in [1.54, 1.807) is 0 Å². The van der Waals surface area contributed by atoms with Crippen LogP contribution in [0.5, 0.6) is 0 Å². The van der Waals surface area contributed by atoms with E-state index in [2.05, 4.69) is 0 Å². The Balaban J connectivity index is 2.97. The summed E-state index contributed by atoms with van der Waals surface area (Å²) in [5.74, 6) is -6.33. The second-order valence-electron chi connectivity index (χ2n) is 3.14. The first kappa shape index (κ1) is 13.8. The fraction of sp³-hybridized carbons (Fsp3) is 0.200. The molecule has 7 heteroatoms. The lowest BCUT2D eigenvalue weighted by atomic mass is 10.1. The number of carboxylic acid groups (broad SMARTS) is 1. The van der Waals surface area contributed by atoms with E-state index >= 15 is 0 Å². The average molecular weight is 355 g/mol. The molecule has 4 nitrogen and oxygen atoms in total. The van der Waals surface area contributed by atoms with Gasteiger partial charge in [-0.2, -0.15) is 8.78 Å². The van der Waals surface area contributed by atoms with E-state index in [0.29, 0.717) is 0 Å². The third-order valence-corrected chi connectivity index (χ3v) is 2.86. The van der Waals surface area contributed by atoms with Gasteiger partial charge in [0.05, 0.1) is 15.7 Å². The highest BCUT2D eigenvalue weighted by atomic mass is 127. The van der Waals surface area contributed by atoms with Crippen LogP contribution in [0.15, 0.2) is 24.3 Å². The molecule has 0 bridgehead atoms. The van der Waals surface area contributed by atoms with Crippen molar-refractivity contribution in [1.82, 2.24) is 0 Å². The predicted molar refractivity (Wildman–Crippen MR) is 65.9 cm³/mol. The van der Waals surface area contributed by atoms with Gasteiger partial charge in [-0.15, -0.1) is 0 Å². The molecule has 0 radical (unpaired) electrons. The van der Waals surface area contributed by atoms with E-state index in [4.69, 9.17) is 5.11 Å². The highest BCUT2D eigenvalue weighted by Crippen LogP contribution is 2.21. The number of aromatic carboxylic acids is 1. The standard InChI is InChI=1S/C10H8F2INO3/c11-10(12,5-13)9(17)14-7-4-2-1-3-6(7)8(15)16/h1-4H,5H2,(H,14,17)(H,15,16). The zero-order valence-corrected chi connectivity index (χ0v) is 10.6. The topological polar surface area (TPSA) is 66.4 Å². The van der Waals surface area contributed by atoms with E-state index in [-0.39, 0.29) is 11.3 Å². The van der Waals surface area contributed by atoms with Gasteiger partial charge in [0, 0.05) is 0 Å². The number of nitrogens with one attached hydrogen (secondary N) is 1. The SMILES string of the molecule is O=C(O)c1ccccc1NC(=O)C(F)(F)CI. The molecule has 0 saturated carbocycles. The number of benzene rings is 1. The monoisotopic (exact) mass is 355 g/mol. The van der Waals surface area contributed by atoms with Gasteiger partial charge in [-0.05, 0) is 12.1 Å². The predicted octanol–water partition coefficient (Wildman–Crippen LogP) is 2.39. The first-order chi connectivity index (χ1) is 7.88. The van der Waals surface area contributed by atoms with Crippen LogP contribution in [0.1, 0.15) is 10.4 Å². The van der Waals surface area contributed by atoms with Gasteiger partial charge in [0.2, 0.25) is 0 Å². The lowest BCUT2D eigenvalue weighted by molar-refractivity contribution is -0.136. The zero-order chi connectivity index (χ0) is 13.1. The van der Waals surface area contributed by atoms with Gasteiger partial charge >= 0.3 is 11.9 Å². The second kappa shape index (κ2) is 5.39. The summed E-state index contributed by atoms with van der Waals surface area (Å²) in [5.41, 5.74) is -0.375. The van der Waals surface area contributed by atoms with Crippen molar-refractivity contribution in [2.45, 2.75) is 5.92 Å². The molecule has 1 aromatic rings. The van der Waals surface area contributed by atoms with Crippen molar-refractivity contribution in [2.24, 2.45) is 0 Å². The Labute approximate surface area is 109 Å². The fourth-order valence-corrected chi connectivity index (χ4v) is 1.40. The number of amides is 1. The van der Waals surface area contributed by atoms with Crippen molar-refractivity contribution in [3.05, 3.63) is 29.8 Å². The lowest BCUT2D eigenvalue weighted by Crippen LogP contribution is -2.36. The summed E-state index contributed by atoms with van der Waals surface area (Å²) in [6, 6.07) is 5.37. The molecule has 0 spiro atoms. The molecule has 0 heterocycles. The van der Waals surface area contributed by atoms with E-state index in [1.807, 2.05) is 5.32 Å². The smallest absolute Gasteiger partial charge is 0.337 e. The molecule has 0 unspecified atom stereocenters. The van der Waals surface area contributed by atoms with E-state index in [0.717, 1.165) is 0 Å². The Bertz CT molecular complexity index is 451. The van der Waals surface area contributed by atoms with Crippen LogP contribution in [0.4, 0.5) is 14.5 Å². The van der Waals surface area contributed by atoms with Crippen molar-refractivity contribution in [3.8, 4) is 0 Å². The summed E-state index contributed by atoms with van der Waals surface area (Å²) in [5, 5.41) is 10.7. The number of carbonyl (C=O) groups is 2. The average Bonchev–Trinajstić information content (AvgIpc) is 2.29. The third kappa shape index (κ3) is 3.35. The van der Waals surface area contributed by atoms with E-state index in [1.165, 1.54) is 46.9 Å². The largest absolute Gasteiger partial charge is 0.478 e. The Morgan fingerprint density at radius 2 is 1.94 bits per heavy atom. The van der Waals surface area contributed by atoms with Crippen LogP contribution in [-0.4, -0.2) is 27.3 Å². The summed E-state index contributed by atoms with van der Waals surface area (Å²) in [6.45, 7) is 0. The van der Waals surface area contributed by atoms with E-state index in [9.17, 15) is 18.4 Å². The number of carboxylic acids is 1. The maximum absolute atomic E-state index is 13.0. The lowest BCUT2D eigenvalue weighted by Gasteiger charge is -2.14. The molecule has 17 heavy (non-hydrogen) atoms. The molecular formula is C10H8F2INO3. The number of rotatable bonds is 4. The third-order valence-electron chi connectivity index (χ3n) is 1.91. The first-order valence-corrected chi connectivity index (χ1v) is 5.98. The van der Waals surface area contributed by atoms with Crippen molar-refractivity contribution in [1.29, 1.82) is 0 Å². The molecule has 0 aromatic heterocycles. The number of halogens is 3. The summed E-state index contributed by atoms with van der Waals surface area (Å²) >= 11 is 1.38. The zero-order valence-electron chi connectivity index (χ0n) is 8.41. The summed E-state index contributed by atoms with van der Waals surface area (Å²) in [7, 11) is 0. The minimum absolute atomic E-state index is 0.144. The molecule has 1 amide bonds. The van der Waals surface area contributed by atoms with Crippen molar-refractivity contribution < 1.29 is 23.5 Å². The molecule has 1 rings (SSSR count). The first-order valence-electron chi connectivity index (χ1n) is 4.46. The van der Waals surface area contributed by atoms with Crippen LogP contribution in [0.2, 0.25) is 0 Å². The molecule has 0 saturated heterocycles. The van der Waals surface area contributed by atoms with E-state index < -0.39 is 22.2 Å². The Morgan fingerprint density at radius 1 is 1.35 bits per heavy atom. The second-order valence-corrected chi connectivity index (χ2v) is 3.91. The van der Waals surface area contributed by atoms with Crippen LogP contribution in [0.3, 0.4) is 0 Å². The number of alkyl halides is 3. The maximum atomic E-state index is 13.0. The van der Waals surface area contributed by atoms with Gasteiger partial charge < -0.3 is 10.4 Å². The molecule has 0 aliphatic carbocycles. The minimum atomic E-state index is -3.52. The Kier molecular flexibility index (Phi) is 4.38. The molecule has 1 aromatic carbocycles. The van der Waals surface area contributed by atoms with Gasteiger partial charge in [0.1, 0.15) is 0 Å². The molecule has 2 N–H and O–H groups in total. The molecule has 0 aliphatic rings. The number of anilines is 1. The molecule has 92 valence electrons. The molecule has 0 atom stereocenters. The van der Waals surface area contributed by atoms with Crippen molar-refractivity contribution in [3.63, 3.8) is 0 Å². The number of hydrogen-bond acceptors (Lipinski definition) is 2. The van der Waals surface area contributed by atoms with Crippen LogP contribution < -0.4 is 5.32 Å². The Morgan fingerprint density at radius 3 is 2.47 bits per heavy atom. The van der Waals surface area contributed by atoms with Gasteiger partial charge in [-0.1, -0.05) is 34.7 Å². The van der Waals surface area contributed by atoms with Gasteiger partial charge in [0.15, 0.2) is 0 Å². The number of hydrogen-bond donors (Lipinski definition) is 2. The van der Waals surface area contributed by atoms with Crippen LogP contribution >= 0.6 is 22.6 Å². The molecular weight excluding hydrogens is 347 g/mol. The minimum Gasteiger partial charge on any atom is -0.478 e. The number of carbonyl (C=O) groups excluding carboxylic acids is 1. The summed E-state index contributed by atoms with van der Waals surface area (Å²) in [6.07, 6.45) is 0. The van der Waals surface area contributed by atoms with Gasteiger partial charge in [-0.25, -0.2) is 4.79 Å². The van der Waals surface area contributed by atoms with Crippen LogP contribution in [0, 0.1) is 0 Å². The summed E-state index contributed by atoms with van der Waals surface area (Å²) in [4.78, 5) is 22.0. The van der Waals surface area contributed by atoms with Crippen molar-refractivity contribution in [2.75, 3.05) is 9.74 Å². The van der Waals surface area contributed by atoms with Crippen molar-refractivity contribution >= 4 is 40.2 Å². The fourth-order valence-electron chi connectivity index (χ4n) is 1.05. The highest BCUT2D eigenvalue weighted by Gasteiger charge is 2.37. The van der Waals surface area contributed by atoms with Crippen LogP contribution in [0.25, 0.3) is 0 Å². The highest BCUT2D eigenvalue weighted by molar-refractivity contribution is 14.1. The number of para-hydroxylation sites is 1. The molecule has 0 aliphatic heterocycles. The van der Waals surface area contributed by atoms with Crippen LogP contribution in [-0.2, 0) is 4.79 Å².